The number of rotatable bonds is 3. The van der Waals surface area contributed by atoms with E-state index in [1.807, 2.05) is 24.3 Å². The molecule has 0 aliphatic rings. The molecule has 1 N–H and O–H groups in total. The molecule has 1 rings (SSSR count). The molecule has 15 heavy (non-hydrogen) atoms. The first-order chi connectivity index (χ1) is 7.11. The van der Waals surface area contributed by atoms with Crippen LogP contribution in [0.5, 0.6) is 0 Å². The molecular formula is C11H12BrNO2. The van der Waals surface area contributed by atoms with Gasteiger partial charge >= 0.3 is 5.97 Å². The zero-order chi connectivity index (χ0) is 11.3. The Morgan fingerprint density at radius 1 is 1.40 bits per heavy atom. The number of methoxy groups -OCH3 is 1. The van der Waals surface area contributed by atoms with Gasteiger partial charge in [0.1, 0.15) is 0 Å². The largest absolute Gasteiger partial charge is 0.466 e. The van der Waals surface area contributed by atoms with E-state index in [9.17, 15) is 4.79 Å². The van der Waals surface area contributed by atoms with E-state index in [1.54, 1.807) is 6.92 Å². The number of allylic oxidation sites excluding steroid dienone is 1. The highest BCUT2D eigenvalue weighted by molar-refractivity contribution is 9.10. The zero-order valence-corrected chi connectivity index (χ0v) is 10.2. The van der Waals surface area contributed by atoms with Gasteiger partial charge in [-0.3, -0.25) is 0 Å². The van der Waals surface area contributed by atoms with Crippen molar-refractivity contribution in [1.29, 1.82) is 0 Å². The lowest BCUT2D eigenvalue weighted by Crippen LogP contribution is -2.01. The lowest BCUT2D eigenvalue weighted by Gasteiger charge is -2.05. The van der Waals surface area contributed by atoms with E-state index >= 15 is 0 Å². The summed E-state index contributed by atoms with van der Waals surface area (Å²) in [5, 5.41) is 3.07. The Morgan fingerprint density at radius 3 is 2.53 bits per heavy atom. The molecule has 0 unspecified atom stereocenters. The summed E-state index contributed by atoms with van der Waals surface area (Å²) >= 11 is 3.35. The van der Waals surface area contributed by atoms with Crippen molar-refractivity contribution in [3.63, 3.8) is 0 Å². The quantitative estimate of drug-likeness (QED) is 0.678. The molecule has 0 atom stereocenters. The second kappa shape index (κ2) is 5.56. The molecule has 3 nitrogen and oxygen atoms in total. The molecule has 0 bridgehead atoms. The van der Waals surface area contributed by atoms with Crippen LogP contribution < -0.4 is 5.32 Å². The monoisotopic (exact) mass is 269 g/mol. The predicted molar refractivity (Wildman–Crippen MR) is 63.5 cm³/mol. The van der Waals surface area contributed by atoms with Crippen molar-refractivity contribution >= 4 is 27.6 Å². The zero-order valence-electron chi connectivity index (χ0n) is 8.58. The third-order valence-corrected chi connectivity index (χ3v) is 2.25. The predicted octanol–water partition coefficient (Wildman–Crippen LogP) is 2.94. The number of anilines is 1. The SMILES string of the molecule is COC(=O)/C=C(/C)Nc1ccc(Br)cc1. The van der Waals surface area contributed by atoms with Gasteiger partial charge in [-0.2, -0.15) is 0 Å². The maximum atomic E-state index is 10.9. The van der Waals surface area contributed by atoms with Crippen LogP contribution in [0.2, 0.25) is 0 Å². The van der Waals surface area contributed by atoms with Gasteiger partial charge in [-0.05, 0) is 31.2 Å². The van der Waals surface area contributed by atoms with Crippen molar-refractivity contribution in [3.05, 3.63) is 40.5 Å². The summed E-state index contributed by atoms with van der Waals surface area (Å²) in [6, 6.07) is 7.68. The van der Waals surface area contributed by atoms with Gasteiger partial charge < -0.3 is 10.1 Å². The molecule has 0 fully saturated rings. The third kappa shape index (κ3) is 4.16. The van der Waals surface area contributed by atoms with Crippen LogP contribution in [0.1, 0.15) is 6.92 Å². The molecular weight excluding hydrogens is 258 g/mol. The summed E-state index contributed by atoms with van der Waals surface area (Å²) in [6.45, 7) is 1.80. The van der Waals surface area contributed by atoms with Crippen LogP contribution in [-0.4, -0.2) is 13.1 Å². The van der Waals surface area contributed by atoms with Gasteiger partial charge in [0.05, 0.1) is 7.11 Å². The van der Waals surface area contributed by atoms with Crippen LogP contribution in [0.4, 0.5) is 5.69 Å². The number of hydrogen-bond donors (Lipinski definition) is 1. The van der Waals surface area contributed by atoms with E-state index in [0.717, 1.165) is 15.9 Å². The van der Waals surface area contributed by atoms with Crippen LogP contribution in [0, 0.1) is 0 Å². The minimum atomic E-state index is -0.364. The van der Waals surface area contributed by atoms with Gasteiger partial charge in [-0.1, -0.05) is 15.9 Å². The Balaban J connectivity index is 2.66. The molecule has 0 aliphatic heterocycles. The Kier molecular flexibility index (Phi) is 4.37. The van der Waals surface area contributed by atoms with Crippen molar-refractivity contribution in [2.45, 2.75) is 6.92 Å². The number of ether oxygens (including phenoxy) is 1. The first-order valence-electron chi connectivity index (χ1n) is 4.40. The van der Waals surface area contributed by atoms with Gasteiger partial charge in [0.25, 0.3) is 0 Å². The number of benzene rings is 1. The van der Waals surface area contributed by atoms with E-state index in [1.165, 1.54) is 13.2 Å². The van der Waals surface area contributed by atoms with Crippen molar-refractivity contribution < 1.29 is 9.53 Å². The smallest absolute Gasteiger partial charge is 0.332 e. The molecule has 0 spiro atoms. The number of nitrogens with one attached hydrogen (secondary N) is 1. The topological polar surface area (TPSA) is 38.3 Å². The minimum absolute atomic E-state index is 0.364. The molecule has 0 radical (unpaired) electrons. The molecule has 0 aliphatic carbocycles. The first-order valence-corrected chi connectivity index (χ1v) is 5.20. The first kappa shape index (κ1) is 11.8. The average molecular weight is 270 g/mol. The van der Waals surface area contributed by atoms with Gasteiger partial charge in [0.2, 0.25) is 0 Å². The van der Waals surface area contributed by atoms with E-state index in [0.29, 0.717) is 0 Å². The summed E-state index contributed by atoms with van der Waals surface area (Å²) < 4.78 is 5.53. The summed E-state index contributed by atoms with van der Waals surface area (Å²) in [5.74, 6) is -0.364. The second-order valence-electron chi connectivity index (χ2n) is 2.98. The molecule has 0 saturated heterocycles. The number of hydrogen-bond acceptors (Lipinski definition) is 3. The van der Waals surface area contributed by atoms with Crippen LogP contribution in [0.25, 0.3) is 0 Å². The fourth-order valence-electron chi connectivity index (χ4n) is 1.03. The Morgan fingerprint density at radius 2 is 2.00 bits per heavy atom. The molecule has 0 aromatic heterocycles. The van der Waals surface area contributed by atoms with Gasteiger partial charge in [-0.25, -0.2) is 4.79 Å². The van der Waals surface area contributed by atoms with Crippen LogP contribution >= 0.6 is 15.9 Å². The summed E-state index contributed by atoms with van der Waals surface area (Å²) in [6.07, 6.45) is 1.40. The van der Waals surface area contributed by atoms with Crippen molar-refractivity contribution in [2.75, 3.05) is 12.4 Å². The van der Waals surface area contributed by atoms with Gasteiger partial charge in [-0.15, -0.1) is 0 Å². The summed E-state index contributed by atoms with van der Waals surface area (Å²) in [5.41, 5.74) is 1.67. The minimum Gasteiger partial charge on any atom is -0.466 e. The molecule has 0 heterocycles. The van der Waals surface area contributed by atoms with E-state index in [4.69, 9.17) is 0 Å². The van der Waals surface area contributed by atoms with Crippen LogP contribution in [-0.2, 0) is 9.53 Å². The Hall–Kier alpha value is -1.29. The third-order valence-electron chi connectivity index (χ3n) is 1.72. The molecule has 80 valence electrons. The standard InChI is InChI=1S/C11H12BrNO2/c1-8(7-11(14)15-2)13-10-5-3-9(12)4-6-10/h3-7,13H,1-2H3/b8-7-. The lowest BCUT2D eigenvalue weighted by atomic mass is 10.3. The number of esters is 1. The summed E-state index contributed by atoms with van der Waals surface area (Å²) in [4.78, 5) is 10.9. The van der Waals surface area contributed by atoms with Crippen LogP contribution in [0.15, 0.2) is 40.5 Å². The number of halogens is 1. The van der Waals surface area contributed by atoms with Crippen molar-refractivity contribution in [2.24, 2.45) is 0 Å². The lowest BCUT2D eigenvalue weighted by molar-refractivity contribution is -0.134. The highest BCUT2D eigenvalue weighted by Crippen LogP contribution is 2.15. The maximum absolute atomic E-state index is 10.9. The van der Waals surface area contributed by atoms with Gasteiger partial charge in [0, 0.05) is 21.9 Å². The molecule has 0 amide bonds. The Bertz CT molecular complexity index is 371. The van der Waals surface area contributed by atoms with Crippen LogP contribution in [0.3, 0.4) is 0 Å². The molecule has 1 aromatic carbocycles. The normalized spacial score (nSPS) is 11.0. The molecule has 4 heteroatoms. The van der Waals surface area contributed by atoms with E-state index in [2.05, 4.69) is 26.0 Å². The molecule has 0 saturated carbocycles. The average Bonchev–Trinajstić information content (AvgIpc) is 2.21. The van der Waals surface area contributed by atoms with E-state index < -0.39 is 0 Å². The maximum Gasteiger partial charge on any atom is 0.332 e. The van der Waals surface area contributed by atoms with Crippen molar-refractivity contribution in [3.8, 4) is 0 Å². The highest BCUT2D eigenvalue weighted by Gasteiger charge is 1.97. The fraction of sp³-hybridized carbons (Fsp3) is 0.182. The number of carbonyl (C=O) groups is 1. The van der Waals surface area contributed by atoms with Gasteiger partial charge in [0.15, 0.2) is 0 Å². The second-order valence-corrected chi connectivity index (χ2v) is 3.90. The fourth-order valence-corrected chi connectivity index (χ4v) is 1.30. The molecule has 1 aromatic rings. The van der Waals surface area contributed by atoms with E-state index in [-0.39, 0.29) is 5.97 Å². The summed E-state index contributed by atoms with van der Waals surface area (Å²) in [7, 11) is 1.35. The van der Waals surface area contributed by atoms with Crippen molar-refractivity contribution in [1.82, 2.24) is 0 Å². The number of carbonyl (C=O) groups excluding carboxylic acids is 1. The Labute approximate surface area is 97.3 Å². The highest BCUT2D eigenvalue weighted by atomic mass is 79.9.